The Kier molecular flexibility index (Phi) is 4.97. The Labute approximate surface area is 120 Å². The van der Waals surface area contributed by atoms with E-state index < -0.39 is 0 Å². The summed E-state index contributed by atoms with van der Waals surface area (Å²) in [5.74, 6) is -0.653. The molecule has 2 atom stereocenters. The van der Waals surface area contributed by atoms with Gasteiger partial charge in [-0.3, -0.25) is 0 Å². The first-order chi connectivity index (χ1) is 9.51. The Hall–Kier alpha value is -1.16. The van der Waals surface area contributed by atoms with Crippen LogP contribution in [0.25, 0.3) is 0 Å². The molecule has 0 amide bonds. The number of benzene rings is 1. The van der Waals surface area contributed by atoms with E-state index in [1.807, 2.05) is 4.90 Å². The zero-order valence-electron chi connectivity index (χ0n) is 12.5. The summed E-state index contributed by atoms with van der Waals surface area (Å²) in [7, 11) is 0. The van der Waals surface area contributed by atoms with Gasteiger partial charge in [0, 0.05) is 31.2 Å². The van der Waals surface area contributed by atoms with Crippen molar-refractivity contribution in [2.24, 2.45) is 0 Å². The van der Waals surface area contributed by atoms with Crippen molar-refractivity contribution in [2.45, 2.75) is 52.1 Å². The number of hydrogen-bond acceptors (Lipinski definition) is 2. The molecule has 0 bridgehead atoms. The number of nitrogens with one attached hydrogen (secondary N) is 1. The molecule has 20 heavy (non-hydrogen) atoms. The van der Waals surface area contributed by atoms with Gasteiger partial charge in [0.05, 0.1) is 5.69 Å². The molecular formula is C16H24F2N2. The molecule has 1 heterocycles. The topological polar surface area (TPSA) is 15.3 Å². The van der Waals surface area contributed by atoms with E-state index in [-0.39, 0.29) is 11.6 Å². The van der Waals surface area contributed by atoms with Crippen molar-refractivity contribution in [3.63, 3.8) is 0 Å². The van der Waals surface area contributed by atoms with Crippen LogP contribution < -0.4 is 10.2 Å². The lowest BCUT2D eigenvalue weighted by molar-refractivity contribution is 0.377. The van der Waals surface area contributed by atoms with Gasteiger partial charge >= 0.3 is 0 Å². The Morgan fingerprint density at radius 1 is 1.20 bits per heavy atom. The molecule has 1 aromatic rings. The van der Waals surface area contributed by atoms with Gasteiger partial charge in [0.15, 0.2) is 0 Å². The predicted molar refractivity (Wildman–Crippen MR) is 79.2 cm³/mol. The Balaban J connectivity index is 2.20. The highest BCUT2D eigenvalue weighted by atomic mass is 19.1. The molecule has 1 N–H and O–H groups in total. The fraction of sp³-hybridized carbons (Fsp3) is 0.625. The van der Waals surface area contributed by atoms with Crippen LogP contribution in [0.2, 0.25) is 0 Å². The summed E-state index contributed by atoms with van der Waals surface area (Å²) in [6.45, 7) is 7.41. The highest BCUT2D eigenvalue weighted by Crippen LogP contribution is 2.25. The van der Waals surface area contributed by atoms with Crippen LogP contribution in [0.1, 0.15) is 38.7 Å². The molecule has 1 saturated heterocycles. The standard InChI is InChI=1S/C16H24F2N2/c1-4-13-6-8-20(7-5-12(3)19-13)16-10-14(17)11(2)9-15(16)18/h9-10,12-13,19H,4-8H2,1-3H3. The number of anilines is 1. The fourth-order valence-electron chi connectivity index (χ4n) is 2.78. The first-order valence-electron chi connectivity index (χ1n) is 7.48. The number of nitrogens with zero attached hydrogens (tertiary/aromatic N) is 1. The van der Waals surface area contributed by atoms with Gasteiger partial charge in [-0.05, 0) is 44.7 Å². The van der Waals surface area contributed by atoms with Crippen LogP contribution in [0, 0.1) is 18.6 Å². The summed E-state index contributed by atoms with van der Waals surface area (Å²) < 4.78 is 27.8. The number of halogens is 2. The van der Waals surface area contributed by atoms with Crippen molar-refractivity contribution in [1.82, 2.24) is 5.32 Å². The van der Waals surface area contributed by atoms with Crippen LogP contribution >= 0.6 is 0 Å². The molecule has 2 nitrogen and oxygen atoms in total. The summed E-state index contributed by atoms with van der Waals surface area (Å²) in [4.78, 5) is 1.98. The largest absolute Gasteiger partial charge is 0.369 e. The van der Waals surface area contributed by atoms with E-state index in [1.54, 1.807) is 6.92 Å². The molecule has 4 heteroatoms. The quantitative estimate of drug-likeness (QED) is 0.891. The van der Waals surface area contributed by atoms with E-state index in [0.29, 0.717) is 23.3 Å². The number of hydrogen-bond donors (Lipinski definition) is 1. The van der Waals surface area contributed by atoms with Gasteiger partial charge in [0.25, 0.3) is 0 Å². The predicted octanol–water partition coefficient (Wildman–Crippen LogP) is 3.63. The maximum Gasteiger partial charge on any atom is 0.146 e. The zero-order valence-corrected chi connectivity index (χ0v) is 12.5. The van der Waals surface area contributed by atoms with Crippen molar-refractivity contribution >= 4 is 5.69 Å². The van der Waals surface area contributed by atoms with Crippen molar-refractivity contribution in [1.29, 1.82) is 0 Å². The molecule has 1 aliphatic rings. The third-order valence-electron chi connectivity index (χ3n) is 4.16. The summed E-state index contributed by atoms with van der Waals surface area (Å²) in [6, 6.07) is 3.49. The van der Waals surface area contributed by atoms with E-state index in [2.05, 4.69) is 19.2 Å². The molecule has 0 aliphatic carbocycles. The molecule has 1 aliphatic heterocycles. The maximum atomic E-state index is 14.1. The minimum absolute atomic E-state index is 0.321. The van der Waals surface area contributed by atoms with E-state index in [1.165, 1.54) is 12.1 Å². The second-order valence-corrected chi connectivity index (χ2v) is 5.79. The van der Waals surface area contributed by atoms with Crippen LogP contribution in [0.5, 0.6) is 0 Å². The van der Waals surface area contributed by atoms with Gasteiger partial charge in [-0.2, -0.15) is 0 Å². The molecule has 0 aromatic heterocycles. The molecule has 0 spiro atoms. The average Bonchev–Trinajstić information content (AvgIpc) is 2.39. The maximum absolute atomic E-state index is 14.1. The van der Waals surface area contributed by atoms with E-state index in [4.69, 9.17) is 0 Å². The molecule has 2 rings (SSSR count). The van der Waals surface area contributed by atoms with Crippen LogP contribution in [0.3, 0.4) is 0 Å². The third-order valence-corrected chi connectivity index (χ3v) is 4.16. The molecular weight excluding hydrogens is 258 g/mol. The third kappa shape index (κ3) is 3.48. The van der Waals surface area contributed by atoms with Crippen LogP contribution in [-0.2, 0) is 0 Å². The van der Waals surface area contributed by atoms with Crippen molar-refractivity contribution in [2.75, 3.05) is 18.0 Å². The molecule has 0 saturated carbocycles. The highest BCUT2D eigenvalue weighted by molar-refractivity contribution is 5.49. The monoisotopic (exact) mass is 282 g/mol. The second-order valence-electron chi connectivity index (χ2n) is 5.79. The first kappa shape index (κ1) is 15.2. The van der Waals surface area contributed by atoms with Gasteiger partial charge in [0.2, 0.25) is 0 Å². The smallest absolute Gasteiger partial charge is 0.146 e. The molecule has 2 unspecified atom stereocenters. The summed E-state index contributed by atoms with van der Waals surface area (Å²) in [6.07, 6.45) is 2.95. The van der Waals surface area contributed by atoms with E-state index in [0.717, 1.165) is 32.4 Å². The number of rotatable bonds is 2. The minimum atomic E-state index is -0.332. The SMILES string of the molecule is CCC1CCN(c2cc(F)c(C)cc2F)CCC(C)N1. The lowest BCUT2D eigenvalue weighted by atomic mass is 10.0. The summed E-state index contributed by atoms with van der Waals surface area (Å²) >= 11 is 0. The minimum Gasteiger partial charge on any atom is -0.369 e. The van der Waals surface area contributed by atoms with Gasteiger partial charge in [-0.1, -0.05) is 6.92 Å². The lowest BCUT2D eigenvalue weighted by Crippen LogP contribution is -2.44. The second kappa shape index (κ2) is 6.53. The Bertz CT molecular complexity index is 462. The van der Waals surface area contributed by atoms with Crippen molar-refractivity contribution in [3.8, 4) is 0 Å². The normalized spacial score (nSPS) is 24.4. The summed E-state index contributed by atoms with van der Waals surface area (Å²) in [5, 5.41) is 3.58. The van der Waals surface area contributed by atoms with Crippen LogP contribution in [0.4, 0.5) is 14.5 Å². The van der Waals surface area contributed by atoms with Gasteiger partial charge < -0.3 is 10.2 Å². The van der Waals surface area contributed by atoms with Crippen molar-refractivity contribution < 1.29 is 8.78 Å². The Morgan fingerprint density at radius 2 is 1.90 bits per heavy atom. The van der Waals surface area contributed by atoms with Crippen LogP contribution in [0.15, 0.2) is 12.1 Å². The van der Waals surface area contributed by atoms with Gasteiger partial charge in [-0.25, -0.2) is 8.78 Å². The first-order valence-corrected chi connectivity index (χ1v) is 7.48. The fourth-order valence-corrected chi connectivity index (χ4v) is 2.78. The van der Waals surface area contributed by atoms with Gasteiger partial charge in [-0.15, -0.1) is 0 Å². The molecule has 1 aromatic carbocycles. The van der Waals surface area contributed by atoms with Crippen molar-refractivity contribution in [3.05, 3.63) is 29.3 Å². The lowest BCUT2D eigenvalue weighted by Gasteiger charge is -2.33. The van der Waals surface area contributed by atoms with Crippen LogP contribution in [-0.4, -0.2) is 25.2 Å². The highest BCUT2D eigenvalue weighted by Gasteiger charge is 2.20. The zero-order chi connectivity index (χ0) is 14.7. The molecule has 1 fully saturated rings. The van der Waals surface area contributed by atoms with Gasteiger partial charge in [0.1, 0.15) is 11.6 Å². The number of aryl methyl sites for hydroxylation is 1. The molecule has 112 valence electrons. The molecule has 0 radical (unpaired) electrons. The Morgan fingerprint density at radius 3 is 2.60 bits per heavy atom. The van der Waals surface area contributed by atoms with E-state index in [9.17, 15) is 8.78 Å². The average molecular weight is 282 g/mol. The summed E-state index contributed by atoms with van der Waals surface area (Å²) in [5.41, 5.74) is 0.761. The van der Waals surface area contributed by atoms with E-state index >= 15 is 0 Å².